The molecule has 4 rings (SSSR count). The molecule has 1 fully saturated rings. The summed E-state index contributed by atoms with van der Waals surface area (Å²) in [6, 6.07) is 14.2. The van der Waals surface area contributed by atoms with Crippen molar-refractivity contribution in [2.75, 3.05) is 26.2 Å². The summed E-state index contributed by atoms with van der Waals surface area (Å²) in [6.07, 6.45) is 2.72. The summed E-state index contributed by atoms with van der Waals surface area (Å²) >= 11 is 1.79. The molecule has 0 unspecified atom stereocenters. The molecule has 27 heavy (non-hydrogen) atoms. The lowest BCUT2D eigenvalue weighted by Crippen LogP contribution is -2.48. The van der Waals surface area contributed by atoms with Crippen molar-refractivity contribution >= 4 is 17.2 Å². The number of aryl methyl sites for hydroxylation is 1. The van der Waals surface area contributed by atoms with Crippen LogP contribution < -0.4 is 0 Å². The number of thiophene rings is 1. The molecule has 0 radical (unpaired) electrons. The SMILES string of the molecule is O=C(CCc1ncc(-c2ccccc2)o1)N1CCN(Cc2cccs2)CC1. The molecule has 0 spiro atoms. The Morgan fingerprint density at radius 1 is 1.07 bits per heavy atom. The molecular formula is C21H23N3O2S. The highest BCUT2D eigenvalue weighted by atomic mass is 32.1. The molecule has 0 saturated carbocycles. The Balaban J connectivity index is 1.24. The van der Waals surface area contributed by atoms with E-state index >= 15 is 0 Å². The third-order valence-corrected chi connectivity index (χ3v) is 5.71. The second-order valence-electron chi connectivity index (χ2n) is 6.72. The first-order chi connectivity index (χ1) is 13.3. The second kappa shape index (κ2) is 8.50. The normalized spacial score (nSPS) is 15.2. The molecule has 1 amide bonds. The number of rotatable bonds is 6. The Morgan fingerprint density at radius 3 is 2.63 bits per heavy atom. The average molecular weight is 382 g/mol. The van der Waals surface area contributed by atoms with Crippen LogP contribution in [0.4, 0.5) is 0 Å². The van der Waals surface area contributed by atoms with Crippen LogP contribution in [0.15, 0.2) is 58.5 Å². The quantitative estimate of drug-likeness (QED) is 0.654. The third kappa shape index (κ3) is 4.64. The first-order valence-electron chi connectivity index (χ1n) is 9.30. The lowest BCUT2D eigenvalue weighted by atomic mass is 10.2. The van der Waals surface area contributed by atoms with Gasteiger partial charge in [0.05, 0.1) is 6.20 Å². The van der Waals surface area contributed by atoms with Gasteiger partial charge in [0.15, 0.2) is 11.7 Å². The number of nitrogens with zero attached hydrogens (tertiary/aromatic N) is 3. The van der Waals surface area contributed by atoms with E-state index in [9.17, 15) is 4.79 Å². The summed E-state index contributed by atoms with van der Waals surface area (Å²) < 4.78 is 5.79. The molecule has 1 aliphatic rings. The van der Waals surface area contributed by atoms with Gasteiger partial charge >= 0.3 is 0 Å². The van der Waals surface area contributed by atoms with Gasteiger partial charge in [-0.05, 0) is 11.4 Å². The zero-order chi connectivity index (χ0) is 18.5. The second-order valence-corrected chi connectivity index (χ2v) is 7.75. The number of amides is 1. The van der Waals surface area contributed by atoms with Gasteiger partial charge in [-0.2, -0.15) is 0 Å². The minimum atomic E-state index is 0.185. The zero-order valence-corrected chi connectivity index (χ0v) is 16.0. The molecule has 2 aromatic heterocycles. The topological polar surface area (TPSA) is 49.6 Å². The Bertz CT molecular complexity index is 853. The molecule has 0 atom stereocenters. The predicted octanol–water partition coefficient (Wildman–Crippen LogP) is 3.68. The molecular weight excluding hydrogens is 358 g/mol. The van der Waals surface area contributed by atoms with Crippen LogP contribution in [0.25, 0.3) is 11.3 Å². The molecule has 1 aliphatic heterocycles. The maximum atomic E-state index is 12.5. The standard InChI is InChI=1S/C21H23N3O2S/c25-21(24-12-10-23(11-13-24)16-18-7-4-14-27-18)9-8-20-22-15-19(26-20)17-5-2-1-3-6-17/h1-7,14-15H,8-13,16H2. The summed E-state index contributed by atoms with van der Waals surface area (Å²) in [5.74, 6) is 1.56. The van der Waals surface area contributed by atoms with Crippen LogP contribution in [-0.2, 0) is 17.8 Å². The fourth-order valence-electron chi connectivity index (χ4n) is 3.31. The van der Waals surface area contributed by atoms with E-state index in [0.29, 0.717) is 18.7 Å². The molecule has 0 bridgehead atoms. The molecule has 0 aliphatic carbocycles. The monoisotopic (exact) mass is 381 g/mol. The molecule has 140 valence electrons. The van der Waals surface area contributed by atoms with E-state index in [4.69, 9.17) is 4.42 Å². The molecule has 1 aromatic carbocycles. The lowest BCUT2D eigenvalue weighted by molar-refractivity contribution is -0.133. The van der Waals surface area contributed by atoms with E-state index < -0.39 is 0 Å². The number of carbonyl (C=O) groups is 1. The van der Waals surface area contributed by atoms with E-state index in [1.54, 1.807) is 17.5 Å². The van der Waals surface area contributed by atoms with Crippen LogP contribution in [-0.4, -0.2) is 46.9 Å². The number of aromatic nitrogens is 1. The summed E-state index contributed by atoms with van der Waals surface area (Å²) in [5, 5.41) is 2.11. The Kier molecular flexibility index (Phi) is 5.65. The van der Waals surface area contributed by atoms with E-state index in [2.05, 4.69) is 27.4 Å². The Labute approximate surface area is 163 Å². The maximum Gasteiger partial charge on any atom is 0.223 e. The molecule has 0 N–H and O–H groups in total. The summed E-state index contributed by atoms with van der Waals surface area (Å²) in [4.78, 5) is 22.6. The van der Waals surface area contributed by atoms with E-state index in [1.165, 1.54) is 4.88 Å². The van der Waals surface area contributed by atoms with Crippen LogP contribution in [0.2, 0.25) is 0 Å². The smallest absolute Gasteiger partial charge is 0.223 e. The van der Waals surface area contributed by atoms with Crippen LogP contribution in [0.5, 0.6) is 0 Å². The summed E-state index contributed by atoms with van der Waals surface area (Å²) in [7, 11) is 0. The van der Waals surface area contributed by atoms with Crippen LogP contribution in [0.1, 0.15) is 17.2 Å². The highest BCUT2D eigenvalue weighted by Gasteiger charge is 2.21. The lowest BCUT2D eigenvalue weighted by Gasteiger charge is -2.34. The number of hydrogen-bond acceptors (Lipinski definition) is 5. The van der Waals surface area contributed by atoms with Gasteiger partial charge in [-0.25, -0.2) is 4.98 Å². The fraction of sp³-hybridized carbons (Fsp3) is 0.333. The first kappa shape index (κ1) is 17.9. The van der Waals surface area contributed by atoms with Gasteiger partial charge in [-0.1, -0.05) is 36.4 Å². The fourth-order valence-corrected chi connectivity index (χ4v) is 4.06. The van der Waals surface area contributed by atoms with Gasteiger partial charge in [0.25, 0.3) is 0 Å². The average Bonchev–Trinajstić information content (AvgIpc) is 3.39. The first-order valence-corrected chi connectivity index (χ1v) is 10.2. The van der Waals surface area contributed by atoms with E-state index in [-0.39, 0.29) is 5.91 Å². The Morgan fingerprint density at radius 2 is 1.89 bits per heavy atom. The number of hydrogen-bond donors (Lipinski definition) is 0. The van der Waals surface area contributed by atoms with Gasteiger partial charge in [0.2, 0.25) is 5.91 Å². The van der Waals surface area contributed by atoms with Crippen LogP contribution in [0, 0.1) is 0 Å². The van der Waals surface area contributed by atoms with Gasteiger partial charge in [0.1, 0.15) is 0 Å². The molecule has 3 heterocycles. The molecule has 6 heteroatoms. The highest BCUT2D eigenvalue weighted by Crippen LogP contribution is 2.20. The van der Waals surface area contributed by atoms with E-state index in [1.807, 2.05) is 35.2 Å². The van der Waals surface area contributed by atoms with Crippen molar-refractivity contribution in [3.05, 3.63) is 64.8 Å². The molecule has 1 saturated heterocycles. The largest absolute Gasteiger partial charge is 0.441 e. The number of carbonyl (C=O) groups excluding carboxylic acids is 1. The maximum absolute atomic E-state index is 12.5. The number of benzene rings is 1. The predicted molar refractivity (Wildman–Crippen MR) is 106 cm³/mol. The number of oxazole rings is 1. The minimum Gasteiger partial charge on any atom is -0.441 e. The third-order valence-electron chi connectivity index (χ3n) is 4.85. The summed E-state index contributed by atoms with van der Waals surface area (Å²) in [6.45, 7) is 4.44. The van der Waals surface area contributed by atoms with Crippen molar-refractivity contribution in [2.24, 2.45) is 0 Å². The van der Waals surface area contributed by atoms with Crippen molar-refractivity contribution in [1.82, 2.24) is 14.8 Å². The molecule has 5 nitrogen and oxygen atoms in total. The van der Waals surface area contributed by atoms with Gasteiger partial charge in [-0.3, -0.25) is 9.69 Å². The van der Waals surface area contributed by atoms with E-state index in [0.717, 1.165) is 44.0 Å². The van der Waals surface area contributed by atoms with Crippen molar-refractivity contribution < 1.29 is 9.21 Å². The van der Waals surface area contributed by atoms with Gasteiger partial charge in [-0.15, -0.1) is 11.3 Å². The summed E-state index contributed by atoms with van der Waals surface area (Å²) in [5.41, 5.74) is 1.00. The van der Waals surface area contributed by atoms with Crippen LogP contribution >= 0.6 is 11.3 Å². The minimum absolute atomic E-state index is 0.185. The van der Waals surface area contributed by atoms with Crippen molar-refractivity contribution in [3.8, 4) is 11.3 Å². The zero-order valence-electron chi connectivity index (χ0n) is 15.2. The molecule has 3 aromatic rings. The van der Waals surface area contributed by atoms with Crippen LogP contribution in [0.3, 0.4) is 0 Å². The van der Waals surface area contributed by atoms with Gasteiger partial charge in [0, 0.05) is 56.0 Å². The van der Waals surface area contributed by atoms with Crippen molar-refractivity contribution in [1.29, 1.82) is 0 Å². The van der Waals surface area contributed by atoms with Crippen molar-refractivity contribution in [2.45, 2.75) is 19.4 Å². The van der Waals surface area contributed by atoms with Gasteiger partial charge < -0.3 is 9.32 Å². The highest BCUT2D eigenvalue weighted by molar-refractivity contribution is 7.09. The number of piperazine rings is 1. The van der Waals surface area contributed by atoms with Crippen molar-refractivity contribution in [3.63, 3.8) is 0 Å². The Hall–Kier alpha value is -2.44.